The first-order valence-electron chi connectivity index (χ1n) is 5.27. The molecule has 0 saturated carbocycles. The third kappa shape index (κ3) is 2.75. The van der Waals surface area contributed by atoms with Crippen molar-refractivity contribution in [2.75, 3.05) is 18.0 Å². The van der Waals surface area contributed by atoms with Crippen molar-refractivity contribution in [3.63, 3.8) is 0 Å². The summed E-state index contributed by atoms with van der Waals surface area (Å²) in [6, 6.07) is 2.36. The normalized spacial score (nSPS) is 17.4. The van der Waals surface area contributed by atoms with Crippen LogP contribution >= 0.6 is 0 Å². The first-order chi connectivity index (χ1) is 7.97. The zero-order chi connectivity index (χ0) is 12.5. The van der Waals surface area contributed by atoms with E-state index >= 15 is 0 Å². The monoisotopic (exact) mass is 244 g/mol. The number of anilines is 1. The van der Waals surface area contributed by atoms with E-state index < -0.39 is 11.9 Å². The Balaban J connectivity index is 2.10. The van der Waals surface area contributed by atoms with Gasteiger partial charge in [0.1, 0.15) is 11.5 Å². The number of hydrogen-bond donors (Lipinski definition) is 0. The number of carbonyl (C=O) groups excluding carboxylic acids is 1. The van der Waals surface area contributed by atoms with E-state index in [1.807, 2.05) is 4.90 Å². The van der Waals surface area contributed by atoms with Crippen LogP contribution in [-0.4, -0.2) is 23.9 Å². The van der Waals surface area contributed by atoms with Crippen LogP contribution in [0.1, 0.15) is 18.5 Å². The van der Waals surface area contributed by atoms with Gasteiger partial charge in [0, 0.05) is 25.9 Å². The highest BCUT2D eigenvalue weighted by Crippen LogP contribution is 2.28. The summed E-state index contributed by atoms with van der Waals surface area (Å²) >= 11 is 0. The molecule has 0 N–H and O–H groups in total. The van der Waals surface area contributed by atoms with Crippen molar-refractivity contribution in [1.29, 1.82) is 0 Å². The maximum absolute atomic E-state index is 12.3. The van der Waals surface area contributed by atoms with Gasteiger partial charge in [0.15, 0.2) is 0 Å². The van der Waals surface area contributed by atoms with E-state index in [9.17, 15) is 18.0 Å². The highest BCUT2D eigenvalue weighted by Gasteiger charge is 2.32. The van der Waals surface area contributed by atoms with Gasteiger partial charge in [0.2, 0.25) is 0 Å². The van der Waals surface area contributed by atoms with Crippen LogP contribution in [-0.2, 0) is 11.0 Å². The molecule has 0 bridgehead atoms. The summed E-state index contributed by atoms with van der Waals surface area (Å²) in [5.74, 6) is 0.195. The number of alkyl halides is 3. The molecule has 1 aromatic rings. The summed E-state index contributed by atoms with van der Waals surface area (Å²) in [6.07, 6.45) is -2.31. The molecule has 1 aromatic heterocycles. The van der Waals surface area contributed by atoms with E-state index in [0.717, 1.165) is 6.07 Å². The number of ketones is 1. The molecule has 0 amide bonds. The van der Waals surface area contributed by atoms with Crippen LogP contribution in [0.5, 0.6) is 0 Å². The minimum absolute atomic E-state index is 0.195. The molecule has 0 unspecified atom stereocenters. The fourth-order valence-electron chi connectivity index (χ4n) is 1.76. The Bertz CT molecular complexity index is 404. The highest BCUT2D eigenvalue weighted by molar-refractivity contribution is 5.80. The fourth-order valence-corrected chi connectivity index (χ4v) is 1.76. The molecule has 0 aliphatic carbocycles. The average molecular weight is 244 g/mol. The number of piperidine rings is 1. The molecule has 6 heteroatoms. The van der Waals surface area contributed by atoms with E-state index in [2.05, 4.69) is 4.98 Å². The van der Waals surface area contributed by atoms with Gasteiger partial charge in [-0.2, -0.15) is 13.2 Å². The Morgan fingerprint density at radius 1 is 1.18 bits per heavy atom. The maximum atomic E-state index is 12.3. The van der Waals surface area contributed by atoms with Gasteiger partial charge in [-0.15, -0.1) is 0 Å². The standard InChI is InChI=1S/C11H11F3N2O/c12-11(13,14)10-2-1-8(7-15-10)16-5-3-9(17)4-6-16/h1-2,7H,3-6H2. The molecule has 0 atom stereocenters. The minimum Gasteiger partial charge on any atom is -0.369 e. The van der Waals surface area contributed by atoms with Crippen LogP contribution in [0.3, 0.4) is 0 Å². The van der Waals surface area contributed by atoms with Crippen molar-refractivity contribution in [2.24, 2.45) is 0 Å². The van der Waals surface area contributed by atoms with Gasteiger partial charge in [-0.1, -0.05) is 0 Å². The quantitative estimate of drug-likeness (QED) is 0.759. The third-order valence-corrected chi connectivity index (χ3v) is 2.72. The van der Waals surface area contributed by atoms with Crippen molar-refractivity contribution >= 4 is 11.5 Å². The molecular formula is C11H11F3N2O. The second kappa shape index (κ2) is 4.35. The van der Waals surface area contributed by atoms with Gasteiger partial charge in [-0.05, 0) is 12.1 Å². The molecule has 1 saturated heterocycles. The lowest BCUT2D eigenvalue weighted by molar-refractivity contribution is -0.141. The summed E-state index contributed by atoms with van der Waals surface area (Å²) < 4.78 is 36.9. The largest absolute Gasteiger partial charge is 0.433 e. The number of rotatable bonds is 1. The van der Waals surface area contributed by atoms with Crippen LogP contribution < -0.4 is 4.90 Å². The van der Waals surface area contributed by atoms with Gasteiger partial charge in [-0.25, -0.2) is 4.98 Å². The van der Waals surface area contributed by atoms with Crippen molar-refractivity contribution in [3.05, 3.63) is 24.0 Å². The topological polar surface area (TPSA) is 33.2 Å². The van der Waals surface area contributed by atoms with E-state index in [4.69, 9.17) is 0 Å². The molecule has 92 valence electrons. The summed E-state index contributed by atoms with van der Waals surface area (Å²) in [6.45, 7) is 1.09. The van der Waals surface area contributed by atoms with Crippen LogP contribution in [0.25, 0.3) is 0 Å². The fraction of sp³-hybridized carbons (Fsp3) is 0.455. The SMILES string of the molecule is O=C1CCN(c2ccc(C(F)(F)F)nc2)CC1. The molecule has 3 nitrogen and oxygen atoms in total. The Labute approximate surface area is 96.3 Å². The highest BCUT2D eigenvalue weighted by atomic mass is 19.4. The van der Waals surface area contributed by atoms with Crippen molar-refractivity contribution in [1.82, 2.24) is 4.98 Å². The van der Waals surface area contributed by atoms with Gasteiger partial charge >= 0.3 is 6.18 Å². The lowest BCUT2D eigenvalue weighted by Gasteiger charge is -2.27. The second-order valence-corrected chi connectivity index (χ2v) is 3.93. The maximum Gasteiger partial charge on any atom is 0.433 e. The van der Waals surface area contributed by atoms with E-state index in [1.54, 1.807) is 0 Å². The third-order valence-electron chi connectivity index (χ3n) is 2.72. The predicted molar refractivity (Wildman–Crippen MR) is 55.7 cm³/mol. The number of aromatic nitrogens is 1. The molecule has 2 rings (SSSR count). The lowest BCUT2D eigenvalue weighted by atomic mass is 10.1. The molecule has 0 spiro atoms. The average Bonchev–Trinajstić information content (AvgIpc) is 2.29. The zero-order valence-electron chi connectivity index (χ0n) is 9.00. The molecule has 17 heavy (non-hydrogen) atoms. The van der Waals surface area contributed by atoms with Gasteiger partial charge in [-0.3, -0.25) is 4.79 Å². The van der Waals surface area contributed by atoms with E-state index in [0.29, 0.717) is 31.6 Å². The van der Waals surface area contributed by atoms with Gasteiger partial charge in [0.05, 0.1) is 11.9 Å². The zero-order valence-corrected chi connectivity index (χ0v) is 9.00. The molecule has 2 heterocycles. The summed E-state index contributed by atoms with van der Waals surface area (Å²) in [4.78, 5) is 16.3. The van der Waals surface area contributed by atoms with Crippen molar-refractivity contribution in [2.45, 2.75) is 19.0 Å². The number of nitrogens with zero attached hydrogens (tertiary/aromatic N) is 2. The number of pyridine rings is 1. The summed E-state index contributed by atoms with van der Waals surface area (Å²) in [5, 5.41) is 0. The van der Waals surface area contributed by atoms with Gasteiger partial charge < -0.3 is 4.90 Å². The van der Waals surface area contributed by atoms with E-state index in [-0.39, 0.29) is 5.78 Å². The number of carbonyl (C=O) groups is 1. The Hall–Kier alpha value is -1.59. The van der Waals surface area contributed by atoms with E-state index in [1.165, 1.54) is 12.3 Å². The molecule has 1 aliphatic heterocycles. The second-order valence-electron chi connectivity index (χ2n) is 3.93. The van der Waals surface area contributed by atoms with Crippen LogP contribution in [0.2, 0.25) is 0 Å². The predicted octanol–water partition coefficient (Wildman–Crippen LogP) is 2.27. The van der Waals surface area contributed by atoms with Crippen molar-refractivity contribution in [3.8, 4) is 0 Å². The first kappa shape index (κ1) is 11.9. The first-order valence-corrected chi connectivity index (χ1v) is 5.27. The van der Waals surface area contributed by atoms with Gasteiger partial charge in [0.25, 0.3) is 0 Å². The van der Waals surface area contributed by atoms with Crippen molar-refractivity contribution < 1.29 is 18.0 Å². The summed E-state index contributed by atoms with van der Waals surface area (Å²) in [7, 11) is 0. The molecule has 0 radical (unpaired) electrons. The van der Waals surface area contributed by atoms with Crippen LogP contribution in [0, 0.1) is 0 Å². The Morgan fingerprint density at radius 3 is 2.29 bits per heavy atom. The molecular weight excluding hydrogens is 233 g/mol. The van der Waals surface area contributed by atoms with Crippen LogP contribution in [0.4, 0.5) is 18.9 Å². The molecule has 1 fully saturated rings. The lowest BCUT2D eigenvalue weighted by Crippen LogP contribution is -2.33. The number of halogens is 3. The van der Waals surface area contributed by atoms with Crippen LogP contribution in [0.15, 0.2) is 18.3 Å². The Morgan fingerprint density at radius 2 is 1.82 bits per heavy atom. The molecule has 1 aliphatic rings. The number of hydrogen-bond acceptors (Lipinski definition) is 3. The number of Topliss-reactive ketones (excluding diaryl/α,β-unsaturated/α-hetero) is 1. The minimum atomic E-state index is -4.41. The summed E-state index contributed by atoms with van der Waals surface area (Å²) in [5.41, 5.74) is -0.264. The Kier molecular flexibility index (Phi) is 3.04. The smallest absolute Gasteiger partial charge is 0.369 e. The molecule has 0 aromatic carbocycles.